The second kappa shape index (κ2) is 6.44. The molecule has 0 radical (unpaired) electrons. The fourth-order valence-electron chi connectivity index (χ4n) is 2.06. The van der Waals surface area contributed by atoms with E-state index >= 15 is 0 Å². The largest absolute Gasteiger partial charge is 0.396 e. The molecule has 4 N–H and O–H groups in total. The standard InChI is InChI=1S/C11H19N5O3S/c12-15-11-13-7-10(8-14-11)20(18,19)16(5-2-6-17)9-3-1-4-9/h7-9,17H,1-6,12H2,(H,13,14,15). The van der Waals surface area contributed by atoms with Gasteiger partial charge in [-0.1, -0.05) is 6.42 Å². The van der Waals surface area contributed by atoms with E-state index in [1.54, 1.807) is 0 Å². The van der Waals surface area contributed by atoms with Crippen molar-refractivity contribution in [2.75, 3.05) is 18.6 Å². The van der Waals surface area contributed by atoms with Crippen LogP contribution in [0.5, 0.6) is 0 Å². The summed E-state index contributed by atoms with van der Waals surface area (Å²) in [5, 5.41) is 8.92. The maximum absolute atomic E-state index is 12.6. The SMILES string of the molecule is NNc1ncc(S(=O)(=O)N(CCCO)C2CCC2)cn1. The van der Waals surface area contributed by atoms with Crippen molar-refractivity contribution < 1.29 is 13.5 Å². The summed E-state index contributed by atoms with van der Waals surface area (Å²) in [4.78, 5) is 7.70. The molecule has 0 aromatic carbocycles. The van der Waals surface area contributed by atoms with Crippen molar-refractivity contribution >= 4 is 16.0 Å². The molecule has 0 saturated heterocycles. The third-order valence-corrected chi connectivity index (χ3v) is 5.29. The van der Waals surface area contributed by atoms with Gasteiger partial charge in [-0.2, -0.15) is 4.31 Å². The average molecular weight is 301 g/mol. The number of aliphatic hydroxyl groups is 1. The molecule has 0 aliphatic heterocycles. The highest BCUT2D eigenvalue weighted by molar-refractivity contribution is 7.89. The highest BCUT2D eigenvalue weighted by atomic mass is 32.2. The van der Waals surface area contributed by atoms with E-state index in [2.05, 4.69) is 15.4 Å². The van der Waals surface area contributed by atoms with Gasteiger partial charge in [0.25, 0.3) is 0 Å². The predicted molar refractivity (Wildman–Crippen MR) is 73.1 cm³/mol. The molecular formula is C11H19N5O3S. The van der Waals surface area contributed by atoms with Gasteiger partial charge in [0.15, 0.2) is 0 Å². The van der Waals surface area contributed by atoms with Gasteiger partial charge in [0.05, 0.1) is 12.4 Å². The van der Waals surface area contributed by atoms with Gasteiger partial charge in [-0.25, -0.2) is 24.2 Å². The van der Waals surface area contributed by atoms with Crippen LogP contribution in [0.15, 0.2) is 17.3 Å². The molecule has 1 heterocycles. The minimum Gasteiger partial charge on any atom is -0.396 e. The Balaban J connectivity index is 2.23. The van der Waals surface area contributed by atoms with Crippen molar-refractivity contribution in [3.63, 3.8) is 0 Å². The molecule has 9 heteroatoms. The van der Waals surface area contributed by atoms with Gasteiger partial charge in [-0.05, 0) is 19.3 Å². The first-order valence-corrected chi connectivity index (χ1v) is 7.95. The predicted octanol–water partition coefficient (Wildman–Crippen LogP) is -0.312. The number of nitrogen functional groups attached to an aromatic ring is 1. The van der Waals surface area contributed by atoms with Gasteiger partial charge in [0, 0.05) is 19.2 Å². The van der Waals surface area contributed by atoms with Crippen LogP contribution >= 0.6 is 0 Å². The number of hydrogen-bond donors (Lipinski definition) is 3. The van der Waals surface area contributed by atoms with Crippen molar-refractivity contribution in [1.29, 1.82) is 0 Å². The van der Waals surface area contributed by atoms with Gasteiger partial charge in [-0.15, -0.1) is 0 Å². The quantitative estimate of drug-likeness (QED) is 0.466. The molecule has 1 fully saturated rings. The molecule has 20 heavy (non-hydrogen) atoms. The Labute approximate surface area is 118 Å². The van der Waals surface area contributed by atoms with Gasteiger partial charge >= 0.3 is 0 Å². The first-order chi connectivity index (χ1) is 9.59. The van der Waals surface area contributed by atoms with Crippen LogP contribution in [-0.4, -0.2) is 47.0 Å². The molecule has 112 valence electrons. The van der Waals surface area contributed by atoms with E-state index in [0.29, 0.717) is 13.0 Å². The molecule has 1 aliphatic rings. The number of anilines is 1. The number of rotatable bonds is 7. The van der Waals surface area contributed by atoms with Crippen LogP contribution in [0, 0.1) is 0 Å². The zero-order chi connectivity index (χ0) is 14.6. The van der Waals surface area contributed by atoms with Gasteiger partial charge < -0.3 is 5.11 Å². The van der Waals surface area contributed by atoms with Crippen molar-refractivity contribution in [3.8, 4) is 0 Å². The Bertz CT molecular complexity index is 529. The minimum absolute atomic E-state index is 0.0128. The summed E-state index contributed by atoms with van der Waals surface area (Å²) < 4.78 is 26.6. The summed E-state index contributed by atoms with van der Waals surface area (Å²) >= 11 is 0. The zero-order valence-corrected chi connectivity index (χ0v) is 11.9. The minimum atomic E-state index is -3.63. The van der Waals surface area contributed by atoms with Crippen LogP contribution in [0.25, 0.3) is 0 Å². The van der Waals surface area contributed by atoms with E-state index in [-0.39, 0.29) is 23.5 Å². The second-order valence-corrected chi connectivity index (χ2v) is 6.55. The van der Waals surface area contributed by atoms with Crippen molar-refractivity contribution in [2.45, 2.75) is 36.6 Å². The molecular weight excluding hydrogens is 282 g/mol. The fourth-order valence-corrected chi connectivity index (χ4v) is 3.67. The molecule has 2 rings (SSSR count). The summed E-state index contributed by atoms with van der Waals surface area (Å²) in [5.74, 6) is 5.31. The molecule has 8 nitrogen and oxygen atoms in total. The number of hydrazine groups is 1. The third kappa shape index (κ3) is 3.06. The Morgan fingerprint density at radius 2 is 2.05 bits per heavy atom. The number of nitrogens with one attached hydrogen (secondary N) is 1. The van der Waals surface area contributed by atoms with E-state index in [1.807, 2.05) is 0 Å². The van der Waals surface area contributed by atoms with E-state index in [9.17, 15) is 8.42 Å². The summed E-state index contributed by atoms with van der Waals surface area (Å²) in [6.45, 7) is 0.270. The normalized spacial score (nSPS) is 16.1. The Kier molecular flexibility index (Phi) is 4.86. The molecule has 0 amide bonds. The maximum Gasteiger partial charge on any atom is 0.246 e. The number of aliphatic hydroxyl groups excluding tert-OH is 1. The van der Waals surface area contributed by atoms with E-state index < -0.39 is 10.0 Å². The number of aromatic nitrogens is 2. The highest BCUT2D eigenvalue weighted by Gasteiger charge is 2.34. The van der Waals surface area contributed by atoms with Crippen LogP contribution in [0.4, 0.5) is 5.95 Å². The van der Waals surface area contributed by atoms with Crippen molar-refractivity contribution in [1.82, 2.24) is 14.3 Å². The zero-order valence-electron chi connectivity index (χ0n) is 11.1. The van der Waals surface area contributed by atoms with Crippen molar-refractivity contribution in [3.05, 3.63) is 12.4 Å². The van der Waals surface area contributed by atoms with Crippen LogP contribution < -0.4 is 11.3 Å². The lowest BCUT2D eigenvalue weighted by atomic mass is 9.93. The summed E-state index contributed by atoms with van der Waals surface area (Å²) in [6, 6.07) is 0.0128. The molecule has 1 saturated carbocycles. The smallest absolute Gasteiger partial charge is 0.246 e. The summed E-state index contributed by atoms with van der Waals surface area (Å²) in [5.41, 5.74) is 2.25. The van der Waals surface area contributed by atoms with E-state index in [4.69, 9.17) is 10.9 Å². The Hall–Kier alpha value is -1.29. The van der Waals surface area contributed by atoms with Crippen LogP contribution in [0.1, 0.15) is 25.7 Å². The topological polar surface area (TPSA) is 121 Å². The third-order valence-electron chi connectivity index (χ3n) is 3.38. The van der Waals surface area contributed by atoms with Crippen LogP contribution in [-0.2, 0) is 10.0 Å². The lowest BCUT2D eigenvalue weighted by Crippen LogP contribution is -2.44. The second-order valence-electron chi connectivity index (χ2n) is 4.66. The Morgan fingerprint density at radius 1 is 1.40 bits per heavy atom. The van der Waals surface area contributed by atoms with Crippen LogP contribution in [0.2, 0.25) is 0 Å². The lowest BCUT2D eigenvalue weighted by molar-refractivity contribution is 0.198. The summed E-state index contributed by atoms with van der Waals surface area (Å²) in [6.07, 6.45) is 5.63. The summed E-state index contributed by atoms with van der Waals surface area (Å²) in [7, 11) is -3.63. The molecule has 1 aromatic heterocycles. The van der Waals surface area contributed by atoms with Gasteiger partial charge in [0.2, 0.25) is 16.0 Å². The maximum atomic E-state index is 12.6. The number of hydrogen-bond acceptors (Lipinski definition) is 7. The lowest BCUT2D eigenvalue weighted by Gasteiger charge is -2.36. The molecule has 0 bridgehead atoms. The first kappa shape index (κ1) is 15.1. The molecule has 0 atom stereocenters. The van der Waals surface area contributed by atoms with Gasteiger partial charge in [0.1, 0.15) is 4.90 Å². The van der Waals surface area contributed by atoms with Gasteiger partial charge in [-0.3, -0.25) is 5.43 Å². The fraction of sp³-hybridized carbons (Fsp3) is 0.636. The number of sulfonamides is 1. The van der Waals surface area contributed by atoms with Crippen LogP contribution in [0.3, 0.4) is 0 Å². The molecule has 0 spiro atoms. The Morgan fingerprint density at radius 3 is 2.50 bits per heavy atom. The van der Waals surface area contributed by atoms with E-state index in [1.165, 1.54) is 16.7 Å². The van der Waals surface area contributed by atoms with E-state index in [0.717, 1.165) is 19.3 Å². The molecule has 1 aromatic rings. The molecule has 0 unspecified atom stereocenters. The monoisotopic (exact) mass is 301 g/mol. The number of nitrogens with two attached hydrogens (primary N) is 1. The average Bonchev–Trinajstić information content (AvgIpc) is 2.41. The highest BCUT2D eigenvalue weighted by Crippen LogP contribution is 2.29. The molecule has 1 aliphatic carbocycles. The van der Waals surface area contributed by atoms with Crippen molar-refractivity contribution in [2.24, 2.45) is 5.84 Å². The first-order valence-electron chi connectivity index (χ1n) is 6.51. The number of nitrogens with zero attached hydrogens (tertiary/aromatic N) is 3.